The zero-order valence-corrected chi connectivity index (χ0v) is 11.4. The first-order valence-electron chi connectivity index (χ1n) is 5.51. The maximum atomic E-state index is 12.1. The van der Waals surface area contributed by atoms with E-state index in [-0.39, 0.29) is 17.9 Å². The average Bonchev–Trinajstić information content (AvgIpc) is 2.74. The Hall–Kier alpha value is -1.63. The SMILES string of the molecule is CNc1ncc(Br)cc1C(=O)NC1CNC(=O)C1. The van der Waals surface area contributed by atoms with E-state index in [0.29, 0.717) is 24.3 Å². The van der Waals surface area contributed by atoms with E-state index < -0.39 is 0 Å². The number of carbonyl (C=O) groups is 2. The second kappa shape index (κ2) is 5.34. The normalized spacial score (nSPS) is 18.3. The van der Waals surface area contributed by atoms with Crippen LogP contribution in [0.25, 0.3) is 0 Å². The van der Waals surface area contributed by atoms with Crippen molar-refractivity contribution in [3.8, 4) is 0 Å². The van der Waals surface area contributed by atoms with Gasteiger partial charge in [0.15, 0.2) is 0 Å². The Bertz CT molecular complexity index is 492. The van der Waals surface area contributed by atoms with Gasteiger partial charge in [-0.25, -0.2) is 4.98 Å². The first-order valence-corrected chi connectivity index (χ1v) is 6.30. The average molecular weight is 313 g/mol. The van der Waals surface area contributed by atoms with Crippen LogP contribution in [0.2, 0.25) is 0 Å². The summed E-state index contributed by atoms with van der Waals surface area (Å²) < 4.78 is 0.729. The van der Waals surface area contributed by atoms with Crippen molar-refractivity contribution < 1.29 is 9.59 Å². The number of nitrogens with one attached hydrogen (secondary N) is 3. The van der Waals surface area contributed by atoms with Crippen molar-refractivity contribution >= 4 is 33.6 Å². The monoisotopic (exact) mass is 312 g/mol. The first kappa shape index (κ1) is 12.8. The Morgan fingerprint density at radius 3 is 3.00 bits per heavy atom. The number of aromatic nitrogens is 1. The van der Waals surface area contributed by atoms with Crippen LogP contribution in [0.4, 0.5) is 5.82 Å². The standard InChI is InChI=1S/C11H13BrN4O2/c1-13-10-8(2-6(12)4-15-10)11(18)16-7-3-9(17)14-5-7/h2,4,7H,3,5H2,1H3,(H,13,15)(H,14,17)(H,16,18). The fraction of sp³-hybridized carbons (Fsp3) is 0.364. The van der Waals surface area contributed by atoms with Crippen LogP contribution in [0, 0.1) is 0 Å². The summed E-state index contributed by atoms with van der Waals surface area (Å²) in [5.74, 6) is 0.226. The van der Waals surface area contributed by atoms with Gasteiger partial charge in [0.05, 0.1) is 11.6 Å². The lowest BCUT2D eigenvalue weighted by Gasteiger charge is -2.12. The predicted octanol–water partition coefficient (Wildman–Crippen LogP) is 0.504. The van der Waals surface area contributed by atoms with Crippen LogP contribution in [-0.4, -0.2) is 36.4 Å². The van der Waals surface area contributed by atoms with Crippen LogP contribution < -0.4 is 16.0 Å². The van der Waals surface area contributed by atoms with Gasteiger partial charge >= 0.3 is 0 Å². The molecule has 0 spiro atoms. The van der Waals surface area contributed by atoms with Crippen molar-refractivity contribution in [3.63, 3.8) is 0 Å². The topological polar surface area (TPSA) is 83.1 Å². The number of rotatable bonds is 3. The molecule has 0 saturated carbocycles. The molecular formula is C11H13BrN4O2. The number of anilines is 1. The molecule has 18 heavy (non-hydrogen) atoms. The minimum Gasteiger partial charge on any atom is -0.372 e. The van der Waals surface area contributed by atoms with Gasteiger partial charge in [0.1, 0.15) is 5.82 Å². The Balaban J connectivity index is 2.13. The molecule has 1 saturated heterocycles. The summed E-state index contributed by atoms with van der Waals surface area (Å²) in [7, 11) is 1.70. The Kier molecular flexibility index (Phi) is 3.81. The highest BCUT2D eigenvalue weighted by molar-refractivity contribution is 9.10. The quantitative estimate of drug-likeness (QED) is 0.759. The van der Waals surface area contributed by atoms with Gasteiger partial charge in [0.25, 0.3) is 5.91 Å². The van der Waals surface area contributed by atoms with Crippen LogP contribution in [0.3, 0.4) is 0 Å². The highest BCUT2D eigenvalue weighted by atomic mass is 79.9. The molecule has 1 atom stereocenters. The third-order valence-electron chi connectivity index (χ3n) is 2.65. The van der Waals surface area contributed by atoms with Gasteiger partial charge in [0, 0.05) is 30.7 Å². The molecule has 1 fully saturated rings. The van der Waals surface area contributed by atoms with Crippen LogP contribution in [0.15, 0.2) is 16.7 Å². The molecule has 1 aromatic rings. The number of hydrogen-bond donors (Lipinski definition) is 3. The smallest absolute Gasteiger partial charge is 0.255 e. The summed E-state index contributed by atoms with van der Waals surface area (Å²) in [6.45, 7) is 0.473. The molecule has 3 N–H and O–H groups in total. The summed E-state index contributed by atoms with van der Waals surface area (Å²) in [4.78, 5) is 27.2. The molecular weight excluding hydrogens is 300 g/mol. The molecule has 1 aliphatic rings. The van der Waals surface area contributed by atoms with Crippen molar-refractivity contribution in [2.45, 2.75) is 12.5 Å². The lowest BCUT2D eigenvalue weighted by molar-refractivity contribution is -0.119. The fourth-order valence-corrected chi connectivity index (χ4v) is 2.11. The Morgan fingerprint density at radius 2 is 2.39 bits per heavy atom. The highest BCUT2D eigenvalue weighted by Crippen LogP contribution is 2.18. The zero-order valence-electron chi connectivity index (χ0n) is 9.79. The molecule has 0 aromatic carbocycles. The predicted molar refractivity (Wildman–Crippen MR) is 70.4 cm³/mol. The molecule has 2 rings (SSSR count). The molecule has 0 radical (unpaired) electrons. The molecule has 2 heterocycles. The molecule has 6 nitrogen and oxygen atoms in total. The number of pyridine rings is 1. The third-order valence-corrected chi connectivity index (χ3v) is 3.08. The molecule has 96 valence electrons. The molecule has 1 unspecified atom stereocenters. The van der Waals surface area contributed by atoms with E-state index >= 15 is 0 Å². The van der Waals surface area contributed by atoms with Gasteiger partial charge < -0.3 is 16.0 Å². The van der Waals surface area contributed by atoms with Crippen LogP contribution in [0.5, 0.6) is 0 Å². The van der Waals surface area contributed by atoms with Gasteiger partial charge in [-0.1, -0.05) is 0 Å². The summed E-state index contributed by atoms with van der Waals surface area (Å²) in [6, 6.07) is 1.53. The lowest BCUT2D eigenvalue weighted by Crippen LogP contribution is -2.36. The molecule has 1 aromatic heterocycles. The minimum atomic E-state index is -0.241. The highest BCUT2D eigenvalue weighted by Gasteiger charge is 2.24. The van der Waals surface area contributed by atoms with E-state index in [1.54, 1.807) is 19.3 Å². The van der Waals surface area contributed by atoms with E-state index in [4.69, 9.17) is 0 Å². The minimum absolute atomic E-state index is 0.0403. The van der Waals surface area contributed by atoms with Crippen LogP contribution in [0.1, 0.15) is 16.8 Å². The van der Waals surface area contributed by atoms with E-state index in [1.807, 2.05) is 0 Å². The zero-order chi connectivity index (χ0) is 13.1. The number of nitrogens with zero attached hydrogens (tertiary/aromatic N) is 1. The van der Waals surface area contributed by atoms with Crippen molar-refractivity contribution in [3.05, 3.63) is 22.3 Å². The molecule has 1 aliphatic heterocycles. The fourth-order valence-electron chi connectivity index (χ4n) is 1.78. The second-order valence-electron chi connectivity index (χ2n) is 3.98. The second-order valence-corrected chi connectivity index (χ2v) is 4.89. The summed E-state index contributed by atoms with van der Waals surface area (Å²) in [6.07, 6.45) is 1.94. The molecule has 2 amide bonds. The van der Waals surface area contributed by atoms with E-state index in [0.717, 1.165) is 4.47 Å². The molecule has 0 bridgehead atoms. The van der Waals surface area contributed by atoms with E-state index in [2.05, 4.69) is 36.9 Å². The van der Waals surface area contributed by atoms with Gasteiger partial charge in [-0.2, -0.15) is 0 Å². The number of halogens is 1. The lowest BCUT2D eigenvalue weighted by atomic mass is 10.2. The van der Waals surface area contributed by atoms with Crippen molar-refractivity contribution in [1.82, 2.24) is 15.6 Å². The number of amides is 2. The van der Waals surface area contributed by atoms with Gasteiger partial charge in [-0.3, -0.25) is 9.59 Å². The van der Waals surface area contributed by atoms with Gasteiger partial charge in [-0.05, 0) is 22.0 Å². The maximum absolute atomic E-state index is 12.1. The van der Waals surface area contributed by atoms with Crippen LogP contribution in [-0.2, 0) is 4.79 Å². The third kappa shape index (κ3) is 2.79. The Morgan fingerprint density at radius 1 is 1.61 bits per heavy atom. The first-order chi connectivity index (χ1) is 8.60. The molecule has 0 aliphatic carbocycles. The van der Waals surface area contributed by atoms with Gasteiger partial charge in [-0.15, -0.1) is 0 Å². The summed E-state index contributed by atoms with van der Waals surface area (Å²) in [5.41, 5.74) is 0.450. The van der Waals surface area contributed by atoms with Crippen LogP contribution >= 0.6 is 15.9 Å². The van der Waals surface area contributed by atoms with Crippen molar-refractivity contribution in [1.29, 1.82) is 0 Å². The van der Waals surface area contributed by atoms with Crippen molar-refractivity contribution in [2.24, 2.45) is 0 Å². The van der Waals surface area contributed by atoms with Gasteiger partial charge in [0.2, 0.25) is 5.91 Å². The number of carbonyl (C=O) groups excluding carboxylic acids is 2. The number of hydrogen-bond acceptors (Lipinski definition) is 4. The summed E-state index contributed by atoms with van der Waals surface area (Å²) in [5, 5.41) is 8.34. The Labute approximate surface area is 113 Å². The summed E-state index contributed by atoms with van der Waals surface area (Å²) >= 11 is 3.28. The largest absolute Gasteiger partial charge is 0.372 e. The van der Waals surface area contributed by atoms with E-state index in [9.17, 15) is 9.59 Å². The maximum Gasteiger partial charge on any atom is 0.255 e. The van der Waals surface area contributed by atoms with Crippen molar-refractivity contribution in [2.75, 3.05) is 18.9 Å². The van der Waals surface area contributed by atoms with E-state index in [1.165, 1.54) is 0 Å². The molecule has 7 heteroatoms.